The number of aromatic nitrogens is 4. The summed E-state index contributed by atoms with van der Waals surface area (Å²) >= 11 is 7.37. The quantitative estimate of drug-likeness (QED) is 0.586. The molecule has 0 aliphatic carbocycles. The molecule has 2 aliphatic rings. The molecule has 5 rings (SSSR count). The largest absolute Gasteiger partial charge is 0.362 e. The lowest BCUT2D eigenvalue weighted by Crippen LogP contribution is -2.57. The fourth-order valence-electron chi connectivity index (χ4n) is 4.29. The Morgan fingerprint density at radius 2 is 2.06 bits per heavy atom. The molecule has 0 radical (unpaired) electrons. The van der Waals surface area contributed by atoms with Gasteiger partial charge >= 0.3 is 0 Å². The highest BCUT2D eigenvalue weighted by atomic mass is 35.5. The van der Waals surface area contributed by atoms with E-state index < -0.39 is 18.5 Å². The Hall–Kier alpha value is -2.17. The van der Waals surface area contributed by atoms with Gasteiger partial charge in [-0.15, -0.1) is 16.4 Å². The van der Waals surface area contributed by atoms with Gasteiger partial charge < -0.3 is 14.2 Å². The van der Waals surface area contributed by atoms with Gasteiger partial charge in [0.25, 0.3) is 0 Å². The van der Waals surface area contributed by atoms with Gasteiger partial charge in [0.1, 0.15) is 34.2 Å². The van der Waals surface area contributed by atoms with Crippen LogP contribution in [0.25, 0.3) is 10.7 Å². The van der Waals surface area contributed by atoms with E-state index in [0.717, 1.165) is 5.56 Å². The Kier molecular flexibility index (Phi) is 5.61. The number of nitrogens with zero attached hydrogens (tertiary/aromatic N) is 4. The number of carbonyl (C=O) groups is 1. The number of halogens is 1. The molecule has 6 atom stereocenters. The highest BCUT2D eigenvalue weighted by molar-refractivity contribution is 7.13. The molecule has 0 amide bonds. The first-order valence-corrected chi connectivity index (χ1v) is 11.3. The number of benzene rings is 1. The second-order valence-corrected chi connectivity index (χ2v) is 9.04. The van der Waals surface area contributed by atoms with Crippen molar-refractivity contribution >= 4 is 28.7 Å². The molecular formula is C21H21ClN4O4S. The van der Waals surface area contributed by atoms with Gasteiger partial charge in [-0.25, -0.2) is 9.67 Å². The second-order valence-electron chi connectivity index (χ2n) is 7.79. The predicted molar refractivity (Wildman–Crippen MR) is 114 cm³/mol. The SMILES string of the molecule is CC(=O)[C@@H]1OC2COC(c3ccccc3)O[C@@H]2C(n2cc(-c3nc(Cl)cs3)nn2)[C@@H]1C. The van der Waals surface area contributed by atoms with Crippen LogP contribution >= 0.6 is 22.9 Å². The Morgan fingerprint density at radius 3 is 2.77 bits per heavy atom. The third kappa shape index (κ3) is 3.92. The predicted octanol–water partition coefficient (Wildman–Crippen LogP) is 3.70. The van der Waals surface area contributed by atoms with Crippen molar-refractivity contribution in [3.63, 3.8) is 0 Å². The van der Waals surface area contributed by atoms with Crippen molar-refractivity contribution in [2.45, 2.75) is 44.5 Å². The summed E-state index contributed by atoms with van der Waals surface area (Å²) in [7, 11) is 0. The van der Waals surface area contributed by atoms with E-state index in [4.69, 9.17) is 25.8 Å². The highest BCUT2D eigenvalue weighted by Gasteiger charge is 2.50. The molecule has 4 heterocycles. The molecule has 3 aromatic rings. The maximum absolute atomic E-state index is 12.3. The third-order valence-electron chi connectivity index (χ3n) is 5.72. The van der Waals surface area contributed by atoms with E-state index >= 15 is 0 Å². The number of ether oxygens (including phenoxy) is 3. The highest BCUT2D eigenvalue weighted by Crippen LogP contribution is 2.42. The van der Waals surface area contributed by atoms with Crippen LogP contribution in [0.2, 0.25) is 5.15 Å². The van der Waals surface area contributed by atoms with Gasteiger partial charge in [0, 0.05) is 16.9 Å². The molecular weight excluding hydrogens is 440 g/mol. The first-order chi connectivity index (χ1) is 15.0. The summed E-state index contributed by atoms with van der Waals surface area (Å²) in [4.78, 5) is 16.6. The maximum atomic E-state index is 12.3. The Labute approximate surface area is 188 Å². The molecule has 10 heteroatoms. The fraction of sp³-hybridized carbons (Fsp3) is 0.429. The Morgan fingerprint density at radius 1 is 1.26 bits per heavy atom. The summed E-state index contributed by atoms with van der Waals surface area (Å²) in [6.45, 7) is 3.84. The molecule has 2 aromatic heterocycles. The molecule has 0 N–H and O–H groups in total. The minimum absolute atomic E-state index is 0.0341. The van der Waals surface area contributed by atoms with Crippen LogP contribution in [-0.2, 0) is 19.0 Å². The number of thiazole rings is 1. The standard InChI is InChI=1S/C21H21ClN4O4S/c1-11-17(26-8-14(24-25-26)20-23-16(22)10-31-20)19-15(29-18(11)12(2)27)9-28-21(30-19)13-6-4-3-5-7-13/h3-8,10-11,15,17-19,21H,9H2,1-2H3/t11-,15?,17?,18+,19-,21?/m0/s1. The second kappa shape index (κ2) is 8.40. The molecule has 0 bridgehead atoms. The van der Waals surface area contributed by atoms with Crippen molar-refractivity contribution in [3.05, 3.63) is 52.6 Å². The number of Topliss-reactive ketones (excluding diaryl/α,β-unsaturated/α-hetero) is 1. The zero-order valence-electron chi connectivity index (χ0n) is 16.9. The smallest absolute Gasteiger partial charge is 0.184 e. The minimum atomic E-state index is -0.575. The van der Waals surface area contributed by atoms with Crippen LogP contribution in [0.4, 0.5) is 0 Å². The van der Waals surface area contributed by atoms with E-state index in [-0.39, 0.29) is 23.8 Å². The van der Waals surface area contributed by atoms with Gasteiger partial charge in [0.15, 0.2) is 12.1 Å². The van der Waals surface area contributed by atoms with Crippen LogP contribution in [0.5, 0.6) is 0 Å². The summed E-state index contributed by atoms with van der Waals surface area (Å²) in [5, 5.41) is 11.5. The number of hydrogen-bond acceptors (Lipinski definition) is 8. The van der Waals surface area contributed by atoms with Crippen LogP contribution < -0.4 is 0 Å². The molecule has 8 nitrogen and oxygen atoms in total. The monoisotopic (exact) mass is 460 g/mol. The summed E-state index contributed by atoms with van der Waals surface area (Å²) in [5.74, 6) is -0.212. The maximum Gasteiger partial charge on any atom is 0.184 e. The van der Waals surface area contributed by atoms with E-state index in [9.17, 15) is 4.79 Å². The summed E-state index contributed by atoms with van der Waals surface area (Å²) in [6.07, 6.45) is -0.0215. The molecule has 2 fully saturated rings. The van der Waals surface area contributed by atoms with Crippen molar-refractivity contribution < 1.29 is 19.0 Å². The molecule has 2 aliphatic heterocycles. The lowest BCUT2D eigenvalue weighted by Gasteiger charge is -2.48. The van der Waals surface area contributed by atoms with Crippen LogP contribution in [0.3, 0.4) is 0 Å². The van der Waals surface area contributed by atoms with Gasteiger partial charge in [-0.05, 0) is 6.92 Å². The number of carbonyl (C=O) groups excluding carboxylic acids is 1. The van der Waals surface area contributed by atoms with Gasteiger partial charge in [0.05, 0.1) is 18.8 Å². The summed E-state index contributed by atoms with van der Waals surface area (Å²) < 4.78 is 20.2. The molecule has 31 heavy (non-hydrogen) atoms. The van der Waals surface area contributed by atoms with Crippen LogP contribution in [0.1, 0.15) is 31.7 Å². The first kappa shape index (κ1) is 20.7. The zero-order chi connectivity index (χ0) is 21.5. The van der Waals surface area contributed by atoms with Crippen LogP contribution in [0, 0.1) is 5.92 Å². The average Bonchev–Trinajstić information content (AvgIpc) is 3.42. The average molecular weight is 461 g/mol. The van der Waals surface area contributed by atoms with E-state index in [2.05, 4.69) is 15.3 Å². The van der Waals surface area contributed by atoms with E-state index in [1.54, 1.807) is 17.0 Å². The first-order valence-electron chi connectivity index (χ1n) is 10.0. The minimum Gasteiger partial charge on any atom is -0.362 e. The van der Waals surface area contributed by atoms with E-state index in [1.165, 1.54) is 11.3 Å². The van der Waals surface area contributed by atoms with Crippen molar-refractivity contribution in [2.24, 2.45) is 5.92 Å². The van der Waals surface area contributed by atoms with E-state index in [0.29, 0.717) is 22.5 Å². The van der Waals surface area contributed by atoms with Gasteiger partial charge in [-0.2, -0.15) is 0 Å². The number of fused-ring (bicyclic) bond motifs is 1. The molecule has 2 saturated heterocycles. The molecule has 162 valence electrons. The van der Waals surface area contributed by atoms with Crippen LogP contribution in [-0.4, -0.2) is 50.7 Å². The third-order valence-corrected chi connectivity index (χ3v) is 6.90. The van der Waals surface area contributed by atoms with Crippen LogP contribution in [0.15, 0.2) is 41.9 Å². The number of rotatable bonds is 4. The normalized spacial score (nSPS) is 30.7. The van der Waals surface area contributed by atoms with E-state index in [1.807, 2.05) is 43.5 Å². The summed E-state index contributed by atoms with van der Waals surface area (Å²) in [6, 6.07) is 9.50. The Bertz CT molecular complexity index is 1070. The molecule has 0 spiro atoms. The van der Waals surface area contributed by atoms with Crippen molar-refractivity contribution in [3.8, 4) is 10.7 Å². The lowest BCUT2D eigenvalue weighted by atomic mass is 9.84. The fourth-order valence-corrected chi connectivity index (χ4v) is 5.18. The van der Waals surface area contributed by atoms with Gasteiger partial charge in [-0.3, -0.25) is 4.79 Å². The van der Waals surface area contributed by atoms with Crippen molar-refractivity contribution in [1.29, 1.82) is 0 Å². The van der Waals surface area contributed by atoms with Crippen molar-refractivity contribution in [1.82, 2.24) is 20.0 Å². The number of ketones is 1. The summed E-state index contributed by atoms with van der Waals surface area (Å²) in [5.41, 5.74) is 1.55. The van der Waals surface area contributed by atoms with Crippen molar-refractivity contribution in [2.75, 3.05) is 6.61 Å². The topological polar surface area (TPSA) is 88.4 Å². The molecule has 1 aromatic carbocycles. The Balaban J connectivity index is 1.48. The number of hydrogen-bond donors (Lipinski definition) is 0. The lowest BCUT2D eigenvalue weighted by molar-refractivity contribution is -0.305. The molecule has 3 unspecified atom stereocenters. The zero-order valence-corrected chi connectivity index (χ0v) is 18.5. The van der Waals surface area contributed by atoms with Gasteiger partial charge in [-0.1, -0.05) is 54.1 Å². The van der Waals surface area contributed by atoms with Gasteiger partial charge in [0.2, 0.25) is 0 Å². The molecule has 0 saturated carbocycles.